The first-order chi connectivity index (χ1) is 14.1. The summed E-state index contributed by atoms with van der Waals surface area (Å²) in [6.07, 6.45) is 1.71. The largest absolute Gasteiger partial charge is 0.321 e. The molecule has 0 aliphatic heterocycles. The molecule has 1 heterocycles. The van der Waals surface area contributed by atoms with E-state index in [0.717, 1.165) is 20.7 Å². The molecule has 1 N–H and O–H groups in total. The van der Waals surface area contributed by atoms with Crippen LogP contribution in [0.2, 0.25) is 0 Å². The molecule has 0 saturated carbocycles. The molecule has 4 rings (SSSR count). The summed E-state index contributed by atoms with van der Waals surface area (Å²) in [5, 5.41) is 14.7. The zero-order valence-electron chi connectivity index (χ0n) is 15.1. The average molecular weight is 401 g/mol. The number of nitrogens with zero attached hydrogens (tertiary/aromatic N) is 2. The second-order valence-corrected chi connectivity index (χ2v) is 7.29. The number of rotatable bonds is 5. The van der Waals surface area contributed by atoms with Crippen LogP contribution in [0.15, 0.2) is 94.9 Å². The van der Waals surface area contributed by atoms with Gasteiger partial charge in [-0.25, -0.2) is 0 Å². The Hall–Kier alpha value is -3.71. The van der Waals surface area contributed by atoms with Crippen molar-refractivity contribution in [2.24, 2.45) is 0 Å². The van der Waals surface area contributed by atoms with Gasteiger partial charge in [-0.2, -0.15) is 0 Å². The van der Waals surface area contributed by atoms with Gasteiger partial charge in [-0.15, -0.1) is 0 Å². The molecule has 3 aromatic carbocycles. The van der Waals surface area contributed by atoms with E-state index in [1.807, 2.05) is 42.5 Å². The van der Waals surface area contributed by atoms with Crippen LogP contribution in [0.4, 0.5) is 11.4 Å². The predicted molar refractivity (Wildman–Crippen MR) is 113 cm³/mol. The topological polar surface area (TPSA) is 85.1 Å². The Bertz CT molecular complexity index is 1200. The highest BCUT2D eigenvalue weighted by Crippen LogP contribution is 2.32. The van der Waals surface area contributed by atoms with E-state index in [-0.39, 0.29) is 11.6 Å². The SMILES string of the molecule is O=C(Nc1cccc2ncccc12)c1ccccc1Sc1ccc([N+](=O)[O-])cc1. The summed E-state index contributed by atoms with van der Waals surface area (Å²) in [6.45, 7) is 0. The van der Waals surface area contributed by atoms with Crippen LogP contribution in [0.3, 0.4) is 0 Å². The normalized spacial score (nSPS) is 10.6. The molecule has 0 aliphatic rings. The molecule has 0 saturated heterocycles. The molecule has 142 valence electrons. The maximum absolute atomic E-state index is 13.0. The summed E-state index contributed by atoms with van der Waals surface area (Å²) in [5.74, 6) is -0.230. The van der Waals surface area contributed by atoms with Gasteiger partial charge in [0.25, 0.3) is 11.6 Å². The Morgan fingerprint density at radius 1 is 0.931 bits per heavy atom. The zero-order valence-corrected chi connectivity index (χ0v) is 15.9. The number of aromatic nitrogens is 1. The Kier molecular flexibility index (Phi) is 5.22. The van der Waals surface area contributed by atoms with E-state index >= 15 is 0 Å². The number of carbonyl (C=O) groups excluding carboxylic acids is 1. The number of nitro groups is 1. The van der Waals surface area contributed by atoms with E-state index in [9.17, 15) is 14.9 Å². The summed E-state index contributed by atoms with van der Waals surface area (Å²) >= 11 is 1.38. The lowest BCUT2D eigenvalue weighted by Gasteiger charge is -2.11. The van der Waals surface area contributed by atoms with E-state index in [1.165, 1.54) is 23.9 Å². The lowest BCUT2D eigenvalue weighted by Crippen LogP contribution is -2.13. The fourth-order valence-corrected chi connectivity index (χ4v) is 3.85. The molecular formula is C22H15N3O3S. The van der Waals surface area contributed by atoms with Crippen LogP contribution in [0.1, 0.15) is 10.4 Å². The molecule has 0 unspecified atom stereocenters. The number of non-ortho nitro benzene ring substituents is 1. The highest BCUT2D eigenvalue weighted by molar-refractivity contribution is 7.99. The molecule has 1 amide bonds. The molecule has 0 radical (unpaired) electrons. The number of carbonyl (C=O) groups is 1. The van der Waals surface area contributed by atoms with Gasteiger partial charge in [-0.05, 0) is 48.5 Å². The summed E-state index contributed by atoms with van der Waals surface area (Å²) in [4.78, 5) is 29.2. The number of hydrogen-bond acceptors (Lipinski definition) is 5. The minimum absolute atomic E-state index is 0.0324. The molecule has 1 aromatic heterocycles. The first-order valence-electron chi connectivity index (χ1n) is 8.78. The Balaban J connectivity index is 1.60. The van der Waals surface area contributed by atoms with Crippen LogP contribution >= 0.6 is 11.8 Å². The molecular weight excluding hydrogens is 386 g/mol. The van der Waals surface area contributed by atoms with Crippen molar-refractivity contribution in [1.29, 1.82) is 0 Å². The number of hydrogen-bond donors (Lipinski definition) is 1. The van der Waals surface area contributed by atoms with Crippen molar-refractivity contribution in [2.75, 3.05) is 5.32 Å². The van der Waals surface area contributed by atoms with Gasteiger partial charge in [0, 0.05) is 33.5 Å². The number of amides is 1. The van der Waals surface area contributed by atoms with E-state index in [4.69, 9.17) is 0 Å². The van der Waals surface area contributed by atoms with Gasteiger partial charge in [0.1, 0.15) is 0 Å². The van der Waals surface area contributed by atoms with Crippen LogP contribution in [-0.4, -0.2) is 15.8 Å². The Labute approximate surface area is 170 Å². The van der Waals surface area contributed by atoms with Crippen LogP contribution in [0, 0.1) is 10.1 Å². The first kappa shape index (κ1) is 18.6. The van der Waals surface area contributed by atoms with E-state index in [0.29, 0.717) is 11.3 Å². The van der Waals surface area contributed by atoms with Crippen molar-refractivity contribution in [3.63, 3.8) is 0 Å². The fraction of sp³-hybridized carbons (Fsp3) is 0. The van der Waals surface area contributed by atoms with Crippen LogP contribution in [-0.2, 0) is 0 Å². The van der Waals surface area contributed by atoms with E-state index < -0.39 is 4.92 Å². The van der Waals surface area contributed by atoms with Gasteiger partial charge in [0.2, 0.25) is 0 Å². The number of pyridine rings is 1. The van der Waals surface area contributed by atoms with E-state index in [2.05, 4.69) is 10.3 Å². The lowest BCUT2D eigenvalue weighted by molar-refractivity contribution is -0.384. The highest BCUT2D eigenvalue weighted by Gasteiger charge is 2.14. The van der Waals surface area contributed by atoms with E-state index in [1.54, 1.807) is 30.5 Å². The molecule has 0 atom stereocenters. The highest BCUT2D eigenvalue weighted by atomic mass is 32.2. The summed E-state index contributed by atoms with van der Waals surface area (Å²) in [7, 11) is 0. The van der Waals surface area contributed by atoms with Crippen LogP contribution in [0.5, 0.6) is 0 Å². The van der Waals surface area contributed by atoms with Gasteiger partial charge in [0.15, 0.2) is 0 Å². The number of nitrogens with one attached hydrogen (secondary N) is 1. The molecule has 0 aliphatic carbocycles. The second-order valence-electron chi connectivity index (χ2n) is 6.18. The Morgan fingerprint density at radius 3 is 2.52 bits per heavy atom. The quantitative estimate of drug-likeness (QED) is 0.350. The van der Waals surface area contributed by atoms with Gasteiger partial charge >= 0.3 is 0 Å². The number of fused-ring (bicyclic) bond motifs is 1. The third kappa shape index (κ3) is 4.09. The van der Waals surface area contributed by atoms with Gasteiger partial charge in [-0.1, -0.05) is 30.0 Å². The second kappa shape index (κ2) is 8.12. The smallest absolute Gasteiger partial charge is 0.269 e. The molecule has 29 heavy (non-hydrogen) atoms. The van der Waals surface area contributed by atoms with Gasteiger partial charge < -0.3 is 5.32 Å². The fourth-order valence-electron chi connectivity index (χ4n) is 2.91. The lowest BCUT2D eigenvalue weighted by atomic mass is 10.1. The average Bonchev–Trinajstić information content (AvgIpc) is 2.75. The van der Waals surface area contributed by atoms with Crippen molar-refractivity contribution in [3.05, 3.63) is 101 Å². The van der Waals surface area contributed by atoms with Gasteiger partial charge in [0.05, 0.1) is 21.7 Å². The third-order valence-corrected chi connectivity index (χ3v) is 5.38. The molecule has 4 aromatic rings. The van der Waals surface area contributed by atoms with Crippen molar-refractivity contribution in [1.82, 2.24) is 4.98 Å². The number of nitro benzene ring substituents is 1. The zero-order chi connectivity index (χ0) is 20.2. The van der Waals surface area contributed by atoms with Crippen molar-refractivity contribution in [3.8, 4) is 0 Å². The summed E-state index contributed by atoms with van der Waals surface area (Å²) in [5.41, 5.74) is 2.05. The maximum Gasteiger partial charge on any atom is 0.269 e. The third-order valence-electron chi connectivity index (χ3n) is 4.30. The molecule has 0 spiro atoms. The predicted octanol–water partition coefficient (Wildman–Crippen LogP) is 5.55. The maximum atomic E-state index is 13.0. The van der Waals surface area contributed by atoms with Gasteiger partial charge in [-0.3, -0.25) is 19.9 Å². The summed E-state index contributed by atoms with van der Waals surface area (Å²) in [6, 6.07) is 22.8. The van der Waals surface area contributed by atoms with Crippen molar-refractivity contribution in [2.45, 2.75) is 9.79 Å². The minimum atomic E-state index is -0.436. The number of benzene rings is 3. The first-order valence-corrected chi connectivity index (χ1v) is 9.60. The van der Waals surface area contributed by atoms with Crippen LogP contribution < -0.4 is 5.32 Å². The molecule has 7 heteroatoms. The van der Waals surface area contributed by atoms with Crippen molar-refractivity contribution >= 4 is 39.9 Å². The monoisotopic (exact) mass is 401 g/mol. The number of anilines is 1. The molecule has 0 bridgehead atoms. The Morgan fingerprint density at radius 2 is 1.72 bits per heavy atom. The molecule has 6 nitrogen and oxygen atoms in total. The summed E-state index contributed by atoms with van der Waals surface area (Å²) < 4.78 is 0. The minimum Gasteiger partial charge on any atom is -0.321 e. The van der Waals surface area contributed by atoms with Crippen molar-refractivity contribution < 1.29 is 9.72 Å². The molecule has 0 fully saturated rings. The van der Waals surface area contributed by atoms with Crippen LogP contribution in [0.25, 0.3) is 10.9 Å². The standard InChI is InChI=1S/C22H15N3O3S/c26-22(24-20-8-3-7-19-17(20)6-4-14-23-19)18-5-1-2-9-21(18)29-16-12-10-15(11-13-16)25(27)28/h1-14H,(H,24,26).